The van der Waals surface area contributed by atoms with Crippen molar-refractivity contribution >= 4 is 5.69 Å². The lowest BCUT2D eigenvalue weighted by atomic mass is 9.79. The third-order valence-electron chi connectivity index (χ3n) is 4.95. The molecule has 0 spiro atoms. The van der Waals surface area contributed by atoms with Gasteiger partial charge in [-0.05, 0) is 69.3 Å². The van der Waals surface area contributed by atoms with Crippen molar-refractivity contribution in [3.05, 3.63) is 28.8 Å². The van der Waals surface area contributed by atoms with Crippen molar-refractivity contribution in [1.82, 2.24) is 5.32 Å². The summed E-state index contributed by atoms with van der Waals surface area (Å²) >= 11 is 0. The zero-order valence-corrected chi connectivity index (χ0v) is 14.7. The second kappa shape index (κ2) is 6.39. The van der Waals surface area contributed by atoms with Gasteiger partial charge in [0, 0.05) is 24.3 Å². The Morgan fingerprint density at radius 1 is 1.33 bits per heavy atom. The summed E-state index contributed by atoms with van der Waals surface area (Å²) in [6.07, 6.45) is 3.77. The van der Waals surface area contributed by atoms with Crippen LogP contribution in [0.25, 0.3) is 0 Å². The summed E-state index contributed by atoms with van der Waals surface area (Å²) in [5, 5.41) is 3.29. The van der Waals surface area contributed by atoms with Gasteiger partial charge in [0.2, 0.25) is 0 Å². The first-order valence-corrected chi connectivity index (χ1v) is 8.46. The number of unbranched alkanes of at least 4 members (excludes halogenated alkanes) is 1. The van der Waals surface area contributed by atoms with E-state index in [-0.39, 0.29) is 5.54 Å². The van der Waals surface area contributed by atoms with Crippen molar-refractivity contribution in [2.45, 2.75) is 71.9 Å². The summed E-state index contributed by atoms with van der Waals surface area (Å²) < 4.78 is 0. The summed E-state index contributed by atoms with van der Waals surface area (Å²) in [7, 11) is 2.03. The predicted octanol–water partition coefficient (Wildman–Crippen LogP) is 4.61. The van der Waals surface area contributed by atoms with Gasteiger partial charge in [0.05, 0.1) is 0 Å². The number of aryl methyl sites for hydroxylation is 1. The van der Waals surface area contributed by atoms with Crippen LogP contribution in [0.5, 0.6) is 0 Å². The maximum absolute atomic E-state index is 3.29. The predicted molar refractivity (Wildman–Crippen MR) is 93.3 cm³/mol. The monoisotopic (exact) mass is 288 g/mol. The maximum Gasteiger partial charge on any atom is 0.0408 e. The number of nitrogens with zero attached hydrogens (tertiary/aromatic N) is 1. The highest BCUT2D eigenvalue weighted by Crippen LogP contribution is 2.44. The lowest BCUT2D eigenvalue weighted by Gasteiger charge is -2.48. The van der Waals surface area contributed by atoms with Crippen LogP contribution in [0.3, 0.4) is 0 Å². The molecule has 0 amide bonds. The molecule has 21 heavy (non-hydrogen) atoms. The Labute approximate surface area is 130 Å². The normalized spacial score (nSPS) is 20.5. The van der Waals surface area contributed by atoms with Crippen LogP contribution in [-0.4, -0.2) is 19.1 Å². The van der Waals surface area contributed by atoms with Crippen molar-refractivity contribution in [2.24, 2.45) is 0 Å². The SMILES string of the molecule is CCCCN1c2cc(C)c(CNC)cc2[C@@H](C)CC1(C)C. The van der Waals surface area contributed by atoms with Crippen LogP contribution >= 0.6 is 0 Å². The fraction of sp³-hybridized carbons (Fsp3) is 0.684. The average molecular weight is 288 g/mol. The molecular weight excluding hydrogens is 256 g/mol. The van der Waals surface area contributed by atoms with Crippen LogP contribution in [-0.2, 0) is 6.54 Å². The van der Waals surface area contributed by atoms with E-state index in [1.165, 1.54) is 42.6 Å². The summed E-state index contributed by atoms with van der Waals surface area (Å²) in [5.74, 6) is 0.643. The lowest BCUT2D eigenvalue weighted by molar-refractivity contribution is 0.373. The first kappa shape index (κ1) is 16.4. The summed E-state index contributed by atoms with van der Waals surface area (Å²) in [5.41, 5.74) is 6.14. The van der Waals surface area contributed by atoms with Crippen LogP contribution in [0.15, 0.2) is 12.1 Å². The number of rotatable bonds is 5. The second-order valence-corrected chi connectivity index (χ2v) is 7.29. The molecule has 0 bridgehead atoms. The van der Waals surface area contributed by atoms with Crippen molar-refractivity contribution in [2.75, 3.05) is 18.5 Å². The fourth-order valence-electron chi connectivity index (χ4n) is 3.80. The molecule has 1 aliphatic heterocycles. The molecule has 1 N–H and O–H groups in total. The minimum absolute atomic E-state index is 0.262. The minimum atomic E-state index is 0.262. The number of fused-ring (bicyclic) bond motifs is 1. The highest BCUT2D eigenvalue weighted by molar-refractivity contribution is 5.62. The molecule has 1 aliphatic rings. The van der Waals surface area contributed by atoms with Crippen LogP contribution in [0.2, 0.25) is 0 Å². The summed E-state index contributed by atoms with van der Waals surface area (Å²) in [6.45, 7) is 13.9. The van der Waals surface area contributed by atoms with E-state index in [4.69, 9.17) is 0 Å². The quantitative estimate of drug-likeness (QED) is 0.851. The van der Waals surface area contributed by atoms with Gasteiger partial charge in [-0.2, -0.15) is 0 Å². The molecule has 1 atom stereocenters. The minimum Gasteiger partial charge on any atom is -0.366 e. The second-order valence-electron chi connectivity index (χ2n) is 7.29. The molecule has 0 fully saturated rings. The van der Waals surface area contributed by atoms with Gasteiger partial charge in [-0.25, -0.2) is 0 Å². The van der Waals surface area contributed by atoms with Gasteiger partial charge in [-0.1, -0.05) is 26.3 Å². The van der Waals surface area contributed by atoms with Crippen molar-refractivity contribution in [3.63, 3.8) is 0 Å². The maximum atomic E-state index is 3.29. The number of benzene rings is 1. The topological polar surface area (TPSA) is 15.3 Å². The molecule has 1 aromatic carbocycles. The van der Waals surface area contributed by atoms with Gasteiger partial charge in [0.25, 0.3) is 0 Å². The number of hydrogen-bond donors (Lipinski definition) is 1. The molecule has 1 heterocycles. The molecule has 0 unspecified atom stereocenters. The third-order valence-corrected chi connectivity index (χ3v) is 4.95. The average Bonchev–Trinajstić information content (AvgIpc) is 2.40. The highest BCUT2D eigenvalue weighted by atomic mass is 15.2. The van der Waals surface area contributed by atoms with Crippen LogP contribution < -0.4 is 10.2 Å². The first-order valence-electron chi connectivity index (χ1n) is 8.46. The van der Waals surface area contributed by atoms with Gasteiger partial charge < -0.3 is 10.2 Å². The largest absolute Gasteiger partial charge is 0.366 e. The smallest absolute Gasteiger partial charge is 0.0408 e. The fourth-order valence-corrected chi connectivity index (χ4v) is 3.80. The third kappa shape index (κ3) is 3.26. The van der Waals surface area contributed by atoms with Crippen LogP contribution in [0, 0.1) is 6.92 Å². The van der Waals surface area contributed by atoms with Crippen molar-refractivity contribution < 1.29 is 0 Å². The molecular formula is C19H32N2. The van der Waals surface area contributed by atoms with E-state index in [0.717, 1.165) is 6.54 Å². The van der Waals surface area contributed by atoms with Crippen LogP contribution in [0.1, 0.15) is 69.6 Å². The first-order chi connectivity index (χ1) is 9.90. The molecule has 1 aromatic rings. The molecule has 2 heteroatoms. The van der Waals surface area contributed by atoms with Crippen molar-refractivity contribution in [3.8, 4) is 0 Å². The Kier molecular flexibility index (Phi) is 4.98. The van der Waals surface area contributed by atoms with E-state index >= 15 is 0 Å². The molecule has 0 saturated carbocycles. The Balaban J connectivity index is 2.46. The van der Waals surface area contributed by atoms with E-state index in [2.05, 4.69) is 57.0 Å². The zero-order valence-electron chi connectivity index (χ0n) is 14.7. The molecule has 0 aliphatic carbocycles. The van der Waals surface area contributed by atoms with E-state index in [1.54, 1.807) is 5.56 Å². The molecule has 2 nitrogen and oxygen atoms in total. The van der Waals surface area contributed by atoms with E-state index in [9.17, 15) is 0 Å². The zero-order chi connectivity index (χ0) is 15.6. The van der Waals surface area contributed by atoms with Crippen LogP contribution in [0.4, 0.5) is 5.69 Å². The molecule has 0 aromatic heterocycles. The molecule has 2 rings (SSSR count). The van der Waals surface area contributed by atoms with E-state index in [0.29, 0.717) is 5.92 Å². The summed E-state index contributed by atoms with van der Waals surface area (Å²) in [4.78, 5) is 2.65. The molecule has 0 radical (unpaired) electrons. The van der Waals surface area contributed by atoms with E-state index < -0.39 is 0 Å². The lowest BCUT2D eigenvalue weighted by Crippen LogP contribution is -2.48. The number of nitrogens with one attached hydrogen (secondary N) is 1. The van der Waals surface area contributed by atoms with Gasteiger partial charge >= 0.3 is 0 Å². The van der Waals surface area contributed by atoms with Gasteiger partial charge in [-0.3, -0.25) is 0 Å². The molecule has 118 valence electrons. The van der Waals surface area contributed by atoms with Crippen molar-refractivity contribution in [1.29, 1.82) is 0 Å². The van der Waals surface area contributed by atoms with Gasteiger partial charge in [-0.15, -0.1) is 0 Å². The Bertz CT molecular complexity index is 491. The van der Waals surface area contributed by atoms with Gasteiger partial charge in [0.15, 0.2) is 0 Å². The standard InChI is InChI=1S/C19H32N2/c1-7-8-9-21-18-10-14(2)16(13-20-6)11-17(18)15(3)12-19(21,4)5/h10-11,15,20H,7-9,12-13H2,1-6H3/t15-/m0/s1. The molecule has 0 saturated heterocycles. The Morgan fingerprint density at radius 3 is 2.67 bits per heavy atom. The van der Waals surface area contributed by atoms with Gasteiger partial charge in [0.1, 0.15) is 0 Å². The Hall–Kier alpha value is -1.02. The number of hydrogen-bond acceptors (Lipinski definition) is 2. The Morgan fingerprint density at radius 2 is 2.05 bits per heavy atom. The summed E-state index contributed by atoms with van der Waals surface area (Å²) in [6, 6.07) is 4.87. The number of anilines is 1. The van der Waals surface area contributed by atoms with E-state index in [1.807, 2.05) is 7.05 Å². The highest BCUT2D eigenvalue weighted by Gasteiger charge is 2.36.